The molecule has 14 heavy (non-hydrogen) atoms. The van der Waals surface area contributed by atoms with E-state index < -0.39 is 0 Å². The van der Waals surface area contributed by atoms with Crippen LogP contribution in [0.15, 0.2) is 18.3 Å². The molecule has 3 nitrogen and oxygen atoms in total. The van der Waals surface area contributed by atoms with Crippen LogP contribution in [0.3, 0.4) is 0 Å². The molecule has 0 aromatic carbocycles. The first kappa shape index (κ1) is 11.0. The molecule has 0 bridgehead atoms. The molecule has 1 aromatic rings. The second kappa shape index (κ2) is 4.42. The Morgan fingerprint density at radius 2 is 2.14 bits per heavy atom. The number of aryl methyl sites for hydroxylation is 1. The quantitative estimate of drug-likeness (QED) is 0.796. The zero-order valence-corrected chi connectivity index (χ0v) is 8.95. The standard InChI is InChI=1S/C11H17NO2/c1-9-4-5-10(6-12-9)14-8-11(2,3)7-13/h4-6,13H,7-8H2,1-3H3. The number of aliphatic hydroxyl groups excluding tert-OH is 1. The van der Waals surface area contributed by atoms with E-state index in [9.17, 15) is 0 Å². The fourth-order valence-electron chi connectivity index (χ4n) is 0.864. The van der Waals surface area contributed by atoms with Crippen LogP contribution in [0.25, 0.3) is 0 Å². The minimum Gasteiger partial charge on any atom is -0.491 e. The van der Waals surface area contributed by atoms with Gasteiger partial charge in [0, 0.05) is 11.1 Å². The van der Waals surface area contributed by atoms with Crippen LogP contribution in [0.2, 0.25) is 0 Å². The number of hydrogen-bond acceptors (Lipinski definition) is 3. The average molecular weight is 195 g/mol. The normalized spacial score (nSPS) is 11.4. The molecule has 78 valence electrons. The van der Waals surface area contributed by atoms with Crippen molar-refractivity contribution in [3.63, 3.8) is 0 Å². The average Bonchev–Trinajstić information content (AvgIpc) is 2.17. The van der Waals surface area contributed by atoms with Gasteiger partial charge in [-0.1, -0.05) is 13.8 Å². The van der Waals surface area contributed by atoms with Crippen LogP contribution in [0.1, 0.15) is 19.5 Å². The molecule has 0 aliphatic heterocycles. The Balaban J connectivity index is 2.50. The number of rotatable bonds is 4. The van der Waals surface area contributed by atoms with Crippen LogP contribution in [0.5, 0.6) is 5.75 Å². The molecule has 0 aliphatic rings. The highest BCUT2D eigenvalue weighted by Crippen LogP contribution is 2.17. The van der Waals surface area contributed by atoms with Gasteiger partial charge < -0.3 is 9.84 Å². The molecule has 0 amide bonds. The molecular weight excluding hydrogens is 178 g/mol. The van der Waals surface area contributed by atoms with Gasteiger partial charge in [0.05, 0.1) is 19.4 Å². The van der Waals surface area contributed by atoms with Gasteiger partial charge in [0.25, 0.3) is 0 Å². The van der Waals surface area contributed by atoms with Crippen molar-refractivity contribution in [1.29, 1.82) is 0 Å². The summed E-state index contributed by atoms with van der Waals surface area (Å²) in [5.41, 5.74) is 0.768. The molecule has 0 atom stereocenters. The molecule has 0 aliphatic carbocycles. The van der Waals surface area contributed by atoms with Crippen molar-refractivity contribution in [2.45, 2.75) is 20.8 Å². The molecule has 0 radical (unpaired) electrons. The highest BCUT2D eigenvalue weighted by Gasteiger charge is 2.17. The molecule has 1 N–H and O–H groups in total. The van der Waals surface area contributed by atoms with Crippen LogP contribution in [-0.2, 0) is 0 Å². The van der Waals surface area contributed by atoms with E-state index in [2.05, 4.69) is 4.98 Å². The Morgan fingerprint density at radius 3 is 2.64 bits per heavy atom. The summed E-state index contributed by atoms with van der Waals surface area (Å²) in [5, 5.41) is 9.02. The number of ether oxygens (including phenoxy) is 1. The van der Waals surface area contributed by atoms with Crippen LogP contribution in [-0.4, -0.2) is 23.3 Å². The Bertz CT molecular complexity index is 280. The van der Waals surface area contributed by atoms with Gasteiger partial charge >= 0.3 is 0 Å². The van der Waals surface area contributed by atoms with Crippen molar-refractivity contribution in [2.24, 2.45) is 5.41 Å². The molecule has 1 aromatic heterocycles. The summed E-state index contributed by atoms with van der Waals surface area (Å²) in [6, 6.07) is 3.79. The summed E-state index contributed by atoms with van der Waals surface area (Å²) >= 11 is 0. The first-order valence-corrected chi connectivity index (χ1v) is 4.70. The molecule has 1 heterocycles. The lowest BCUT2D eigenvalue weighted by Crippen LogP contribution is -2.25. The summed E-state index contributed by atoms with van der Waals surface area (Å²) in [6.45, 7) is 6.45. The van der Waals surface area contributed by atoms with Gasteiger partial charge in [-0.05, 0) is 19.1 Å². The highest BCUT2D eigenvalue weighted by atomic mass is 16.5. The van der Waals surface area contributed by atoms with E-state index in [4.69, 9.17) is 9.84 Å². The van der Waals surface area contributed by atoms with Gasteiger partial charge in [0.1, 0.15) is 5.75 Å². The number of aromatic nitrogens is 1. The third kappa shape index (κ3) is 3.34. The predicted molar refractivity (Wildman–Crippen MR) is 55.3 cm³/mol. The van der Waals surface area contributed by atoms with E-state index in [-0.39, 0.29) is 12.0 Å². The minimum absolute atomic E-state index is 0.117. The molecule has 0 fully saturated rings. The summed E-state index contributed by atoms with van der Waals surface area (Å²) in [4.78, 5) is 4.12. The first-order chi connectivity index (χ1) is 6.53. The molecule has 0 spiro atoms. The Labute approximate surface area is 84.7 Å². The topological polar surface area (TPSA) is 42.4 Å². The fraction of sp³-hybridized carbons (Fsp3) is 0.545. The minimum atomic E-state index is -0.203. The molecule has 1 rings (SSSR count). The largest absolute Gasteiger partial charge is 0.491 e. The number of aliphatic hydroxyl groups is 1. The third-order valence-electron chi connectivity index (χ3n) is 1.94. The zero-order valence-electron chi connectivity index (χ0n) is 8.95. The zero-order chi connectivity index (χ0) is 10.6. The molecule has 0 saturated carbocycles. The lowest BCUT2D eigenvalue weighted by Gasteiger charge is -2.21. The van der Waals surface area contributed by atoms with Gasteiger partial charge in [-0.2, -0.15) is 0 Å². The van der Waals surface area contributed by atoms with E-state index in [0.717, 1.165) is 11.4 Å². The number of hydrogen-bond donors (Lipinski definition) is 1. The summed E-state index contributed by atoms with van der Waals surface area (Å²) in [6.07, 6.45) is 1.70. The van der Waals surface area contributed by atoms with E-state index >= 15 is 0 Å². The lowest BCUT2D eigenvalue weighted by atomic mass is 9.97. The highest BCUT2D eigenvalue weighted by molar-refractivity contribution is 5.19. The van der Waals surface area contributed by atoms with Crippen LogP contribution in [0, 0.1) is 12.3 Å². The number of pyridine rings is 1. The van der Waals surface area contributed by atoms with Crippen LogP contribution >= 0.6 is 0 Å². The molecule has 0 saturated heterocycles. The molecule has 0 unspecified atom stereocenters. The van der Waals surface area contributed by atoms with E-state index in [0.29, 0.717) is 6.61 Å². The summed E-state index contributed by atoms with van der Waals surface area (Å²) < 4.78 is 5.49. The summed E-state index contributed by atoms with van der Waals surface area (Å²) in [5.74, 6) is 0.747. The SMILES string of the molecule is Cc1ccc(OCC(C)(C)CO)cn1. The second-order valence-electron chi connectivity index (χ2n) is 4.25. The Hall–Kier alpha value is -1.09. The second-order valence-corrected chi connectivity index (χ2v) is 4.25. The Morgan fingerprint density at radius 1 is 1.43 bits per heavy atom. The molecular formula is C11H17NO2. The lowest BCUT2D eigenvalue weighted by molar-refractivity contribution is 0.0973. The van der Waals surface area contributed by atoms with E-state index in [1.165, 1.54) is 0 Å². The third-order valence-corrected chi connectivity index (χ3v) is 1.94. The van der Waals surface area contributed by atoms with Crippen molar-refractivity contribution in [1.82, 2.24) is 4.98 Å². The maximum Gasteiger partial charge on any atom is 0.137 e. The van der Waals surface area contributed by atoms with Gasteiger partial charge in [0.15, 0.2) is 0 Å². The van der Waals surface area contributed by atoms with Crippen molar-refractivity contribution in [2.75, 3.05) is 13.2 Å². The fourth-order valence-corrected chi connectivity index (χ4v) is 0.864. The molecule has 3 heteroatoms. The monoisotopic (exact) mass is 195 g/mol. The smallest absolute Gasteiger partial charge is 0.137 e. The predicted octanol–water partition coefficient (Wildman–Crippen LogP) is 1.79. The number of nitrogens with zero attached hydrogens (tertiary/aromatic N) is 1. The Kier molecular flexibility index (Phi) is 3.47. The summed E-state index contributed by atoms with van der Waals surface area (Å²) in [7, 11) is 0. The van der Waals surface area contributed by atoms with Gasteiger partial charge in [0.2, 0.25) is 0 Å². The van der Waals surface area contributed by atoms with Crippen LogP contribution < -0.4 is 4.74 Å². The van der Waals surface area contributed by atoms with Crippen molar-refractivity contribution in [3.8, 4) is 5.75 Å². The van der Waals surface area contributed by atoms with Crippen molar-refractivity contribution >= 4 is 0 Å². The van der Waals surface area contributed by atoms with E-state index in [1.807, 2.05) is 32.9 Å². The maximum absolute atomic E-state index is 9.02. The first-order valence-electron chi connectivity index (χ1n) is 4.70. The van der Waals surface area contributed by atoms with Gasteiger partial charge in [-0.15, -0.1) is 0 Å². The van der Waals surface area contributed by atoms with E-state index in [1.54, 1.807) is 6.20 Å². The maximum atomic E-state index is 9.02. The van der Waals surface area contributed by atoms with Gasteiger partial charge in [-0.3, -0.25) is 4.98 Å². The van der Waals surface area contributed by atoms with Crippen LogP contribution in [0.4, 0.5) is 0 Å². The van der Waals surface area contributed by atoms with Crippen molar-refractivity contribution < 1.29 is 9.84 Å². The van der Waals surface area contributed by atoms with Gasteiger partial charge in [-0.25, -0.2) is 0 Å². The van der Waals surface area contributed by atoms with Crippen molar-refractivity contribution in [3.05, 3.63) is 24.0 Å².